The molecule has 0 rings (SSSR count). The van der Waals surface area contributed by atoms with E-state index in [-0.39, 0.29) is 22.4 Å². The first-order valence-electron chi connectivity index (χ1n) is 3.15. The summed E-state index contributed by atoms with van der Waals surface area (Å²) in [6.07, 6.45) is 0. The van der Waals surface area contributed by atoms with Gasteiger partial charge in [-0.15, -0.1) is 0 Å². The standard InChI is InChI=1S/C5H16O2Si2.Ta/c1-8(2,6)5-9(3,4)7;/h6-7H,5H2,1-4H3;. The van der Waals surface area contributed by atoms with Crippen LogP contribution in [0.4, 0.5) is 0 Å². The van der Waals surface area contributed by atoms with E-state index in [9.17, 15) is 9.59 Å². The molecular formula is C5H16O2Si2Ta. The second kappa shape index (κ2) is 4.20. The van der Waals surface area contributed by atoms with Gasteiger partial charge < -0.3 is 9.59 Å². The molecule has 0 spiro atoms. The minimum Gasteiger partial charge on any atom is -0.432 e. The van der Waals surface area contributed by atoms with Gasteiger partial charge in [0.15, 0.2) is 16.6 Å². The van der Waals surface area contributed by atoms with Crippen molar-refractivity contribution >= 4 is 16.6 Å². The van der Waals surface area contributed by atoms with Crippen molar-refractivity contribution < 1.29 is 32.0 Å². The van der Waals surface area contributed by atoms with E-state index in [0.717, 1.165) is 0 Å². The summed E-state index contributed by atoms with van der Waals surface area (Å²) in [7, 11) is -3.96. The molecule has 0 aliphatic heterocycles. The molecule has 0 unspecified atom stereocenters. The second-order valence-corrected chi connectivity index (χ2v) is 12.5. The smallest absolute Gasteiger partial charge is 0.182 e. The van der Waals surface area contributed by atoms with Crippen molar-refractivity contribution in [2.24, 2.45) is 0 Å². The molecule has 0 saturated carbocycles. The quantitative estimate of drug-likeness (QED) is 0.731. The predicted octanol–water partition coefficient (Wildman–Crippen LogP) is 0.918. The zero-order valence-electron chi connectivity index (χ0n) is 7.05. The Morgan fingerprint density at radius 3 is 1.10 bits per heavy atom. The van der Waals surface area contributed by atoms with E-state index in [1.54, 1.807) is 0 Å². The Morgan fingerprint density at radius 1 is 0.900 bits per heavy atom. The van der Waals surface area contributed by atoms with Crippen LogP contribution in [0.15, 0.2) is 0 Å². The molecule has 0 aromatic heterocycles. The average molecular weight is 345 g/mol. The van der Waals surface area contributed by atoms with Crippen molar-refractivity contribution in [1.82, 2.24) is 0 Å². The summed E-state index contributed by atoms with van der Waals surface area (Å²) in [6.45, 7) is 7.44. The van der Waals surface area contributed by atoms with Gasteiger partial charge in [-0.2, -0.15) is 0 Å². The minimum atomic E-state index is -1.98. The molecule has 0 aromatic carbocycles. The third-order valence-corrected chi connectivity index (χ3v) is 7.79. The van der Waals surface area contributed by atoms with Gasteiger partial charge >= 0.3 is 0 Å². The van der Waals surface area contributed by atoms with Crippen molar-refractivity contribution in [3.8, 4) is 0 Å². The van der Waals surface area contributed by atoms with E-state index in [1.165, 1.54) is 0 Å². The summed E-state index contributed by atoms with van der Waals surface area (Å²) in [4.78, 5) is 18.7. The van der Waals surface area contributed by atoms with Crippen molar-refractivity contribution in [2.75, 3.05) is 0 Å². The molecule has 5 heteroatoms. The largest absolute Gasteiger partial charge is 0.432 e. The summed E-state index contributed by atoms with van der Waals surface area (Å²) in [5, 5.41) is 0. The van der Waals surface area contributed by atoms with Crippen LogP contribution in [-0.2, 0) is 22.4 Å². The van der Waals surface area contributed by atoms with Crippen molar-refractivity contribution in [2.45, 2.75) is 31.9 Å². The molecule has 0 heterocycles. The molecule has 0 saturated heterocycles. The third kappa shape index (κ3) is 11.8. The summed E-state index contributed by atoms with van der Waals surface area (Å²) in [5.41, 5.74) is 0.681. The zero-order valence-corrected chi connectivity index (χ0v) is 12.3. The van der Waals surface area contributed by atoms with Gasteiger partial charge in [-0.05, 0) is 31.9 Å². The first kappa shape index (κ1) is 13.7. The Labute approximate surface area is 80.4 Å². The Morgan fingerprint density at radius 2 is 1.10 bits per heavy atom. The van der Waals surface area contributed by atoms with Crippen molar-refractivity contribution in [3.63, 3.8) is 0 Å². The number of hydrogen-bond donors (Lipinski definition) is 2. The van der Waals surface area contributed by atoms with Crippen molar-refractivity contribution in [3.05, 3.63) is 0 Å². The molecule has 0 amide bonds. The molecule has 1 radical (unpaired) electrons. The van der Waals surface area contributed by atoms with E-state index < -0.39 is 16.6 Å². The van der Waals surface area contributed by atoms with Crippen LogP contribution >= 0.6 is 0 Å². The van der Waals surface area contributed by atoms with Crippen LogP contribution in [0.1, 0.15) is 0 Å². The van der Waals surface area contributed by atoms with Gasteiger partial charge in [-0.25, -0.2) is 0 Å². The predicted molar refractivity (Wildman–Crippen MR) is 44.2 cm³/mol. The SMILES string of the molecule is C[Si](C)(O)C[Si](C)(C)O.[Ta]. The molecule has 0 fully saturated rings. The Hall–Kier alpha value is 1.09. The van der Waals surface area contributed by atoms with Crippen LogP contribution in [0.3, 0.4) is 0 Å². The normalized spacial score (nSPS) is 12.6. The maximum absolute atomic E-state index is 9.37. The van der Waals surface area contributed by atoms with E-state index >= 15 is 0 Å². The van der Waals surface area contributed by atoms with Gasteiger partial charge in [0, 0.05) is 22.4 Å². The first-order chi connectivity index (χ1) is 3.71. The summed E-state index contributed by atoms with van der Waals surface area (Å²) < 4.78 is 0. The Kier molecular flexibility index (Phi) is 5.74. The fraction of sp³-hybridized carbons (Fsp3) is 1.00. The minimum absolute atomic E-state index is 0. The molecule has 0 bridgehead atoms. The summed E-state index contributed by atoms with van der Waals surface area (Å²) >= 11 is 0. The van der Waals surface area contributed by atoms with Gasteiger partial charge in [-0.3, -0.25) is 0 Å². The van der Waals surface area contributed by atoms with Crippen molar-refractivity contribution in [1.29, 1.82) is 0 Å². The monoisotopic (exact) mass is 345 g/mol. The molecule has 61 valence electrons. The number of hydrogen-bond acceptors (Lipinski definition) is 2. The van der Waals surface area contributed by atoms with Gasteiger partial charge in [-0.1, -0.05) is 0 Å². The van der Waals surface area contributed by atoms with Crippen LogP contribution in [0.2, 0.25) is 31.9 Å². The molecule has 0 atom stereocenters. The molecule has 0 aromatic rings. The molecule has 0 aliphatic carbocycles. The number of rotatable bonds is 2. The topological polar surface area (TPSA) is 40.5 Å². The van der Waals surface area contributed by atoms with Gasteiger partial charge in [0.1, 0.15) is 0 Å². The molecule has 2 N–H and O–H groups in total. The van der Waals surface area contributed by atoms with Gasteiger partial charge in [0.25, 0.3) is 0 Å². The Balaban J connectivity index is 0. The molecule has 0 aliphatic rings. The average Bonchev–Trinajstić information content (AvgIpc) is 1.14. The molecule has 2 nitrogen and oxygen atoms in total. The Bertz CT molecular complexity index is 82.8. The molecule has 10 heavy (non-hydrogen) atoms. The fourth-order valence-electron chi connectivity index (χ4n) is 1.06. The van der Waals surface area contributed by atoms with E-state index in [1.807, 2.05) is 26.2 Å². The molecular weight excluding hydrogens is 329 g/mol. The van der Waals surface area contributed by atoms with Crippen LogP contribution in [0, 0.1) is 0 Å². The summed E-state index contributed by atoms with van der Waals surface area (Å²) in [5.74, 6) is 0. The van der Waals surface area contributed by atoms with E-state index in [2.05, 4.69) is 0 Å². The fourth-order valence-corrected chi connectivity index (χ4v) is 9.53. The van der Waals surface area contributed by atoms with Gasteiger partial charge in [0.05, 0.1) is 0 Å². The zero-order chi connectivity index (χ0) is 7.71. The summed E-state index contributed by atoms with van der Waals surface area (Å²) in [6, 6.07) is 0. The first-order valence-corrected chi connectivity index (χ1v) is 9.46. The van der Waals surface area contributed by atoms with E-state index in [0.29, 0.717) is 5.67 Å². The van der Waals surface area contributed by atoms with Gasteiger partial charge in [0.2, 0.25) is 0 Å². The van der Waals surface area contributed by atoms with E-state index in [4.69, 9.17) is 0 Å². The third-order valence-electron chi connectivity index (χ3n) is 0.865. The van der Waals surface area contributed by atoms with Crippen LogP contribution in [0.5, 0.6) is 0 Å². The van der Waals surface area contributed by atoms with Crippen LogP contribution in [-0.4, -0.2) is 26.2 Å². The second-order valence-electron chi connectivity index (χ2n) is 3.80. The van der Waals surface area contributed by atoms with Crippen LogP contribution < -0.4 is 0 Å². The maximum Gasteiger partial charge on any atom is 0.182 e. The van der Waals surface area contributed by atoms with Crippen LogP contribution in [0.25, 0.3) is 0 Å². The maximum atomic E-state index is 9.37.